The van der Waals surface area contributed by atoms with Gasteiger partial charge in [0.1, 0.15) is 17.8 Å². The number of methoxy groups -OCH3 is 3. The smallest absolute Gasteiger partial charge is 0.274 e. The molecular weight excluding hydrogens is 534 g/mol. The van der Waals surface area contributed by atoms with Crippen LogP contribution < -0.4 is 23.8 Å². The normalized spacial score (nSPS) is 14.5. The van der Waals surface area contributed by atoms with Crippen molar-refractivity contribution in [3.63, 3.8) is 0 Å². The molecule has 0 bridgehead atoms. The number of hydrogen-bond donors (Lipinski definition) is 1. The number of aryl methyl sites for hydroxylation is 1. The summed E-state index contributed by atoms with van der Waals surface area (Å²) >= 11 is 6.43. The fourth-order valence-corrected chi connectivity index (χ4v) is 5.62. The van der Waals surface area contributed by atoms with Crippen LogP contribution in [0.25, 0.3) is 22.0 Å². The van der Waals surface area contributed by atoms with Gasteiger partial charge in [-0.1, -0.05) is 30.3 Å². The number of halogens is 1. The zero-order valence-corrected chi connectivity index (χ0v) is 23.3. The summed E-state index contributed by atoms with van der Waals surface area (Å²) in [5.41, 5.74) is 4.80. The summed E-state index contributed by atoms with van der Waals surface area (Å²) < 4.78 is 28.8. The van der Waals surface area contributed by atoms with Crippen molar-refractivity contribution in [2.45, 2.75) is 19.4 Å². The number of carbonyl (C=O) groups is 1. The van der Waals surface area contributed by atoms with E-state index in [4.69, 9.17) is 35.0 Å². The van der Waals surface area contributed by atoms with Gasteiger partial charge in [0, 0.05) is 42.3 Å². The van der Waals surface area contributed by atoms with Crippen LogP contribution in [0.2, 0.25) is 0 Å². The SMILES string of the molecule is COc1cc2cc(C(=O)N3CC(CCl)c4c3cc(OCc3ccccc3)c3oc(C)nc43)[nH]c2c(OC)c1OC. The molecule has 206 valence electrons. The van der Waals surface area contributed by atoms with Crippen LogP contribution in [0.5, 0.6) is 23.0 Å². The number of H-pyrrole nitrogens is 1. The number of ether oxygens (including phenoxy) is 4. The number of alkyl halides is 1. The van der Waals surface area contributed by atoms with Crippen LogP contribution in [-0.4, -0.2) is 49.6 Å². The van der Waals surface area contributed by atoms with E-state index in [1.165, 1.54) is 0 Å². The number of rotatable bonds is 8. The second kappa shape index (κ2) is 10.3. The number of amides is 1. The third-order valence-corrected chi connectivity index (χ3v) is 7.55. The Bertz CT molecular complexity index is 1730. The zero-order chi connectivity index (χ0) is 28.0. The molecule has 0 saturated carbocycles. The predicted octanol–water partition coefficient (Wildman–Crippen LogP) is 6.21. The molecule has 2 aromatic heterocycles. The molecule has 0 spiro atoms. The van der Waals surface area contributed by atoms with E-state index in [1.807, 2.05) is 36.4 Å². The highest BCUT2D eigenvalue weighted by atomic mass is 35.5. The number of fused-ring (bicyclic) bond motifs is 4. The van der Waals surface area contributed by atoms with Gasteiger partial charge in [-0.15, -0.1) is 11.6 Å². The lowest BCUT2D eigenvalue weighted by atomic mass is 10.0. The molecule has 5 aromatic rings. The third-order valence-electron chi connectivity index (χ3n) is 7.18. The second-order valence-corrected chi connectivity index (χ2v) is 9.86. The van der Waals surface area contributed by atoms with Crippen LogP contribution in [0.15, 0.2) is 52.9 Å². The van der Waals surface area contributed by atoms with Gasteiger partial charge in [-0.25, -0.2) is 4.98 Å². The van der Waals surface area contributed by atoms with Crippen LogP contribution in [0.3, 0.4) is 0 Å². The number of aromatic amines is 1. The van der Waals surface area contributed by atoms with E-state index in [0.717, 1.165) is 16.5 Å². The van der Waals surface area contributed by atoms with E-state index in [9.17, 15) is 4.79 Å². The minimum atomic E-state index is -0.223. The van der Waals surface area contributed by atoms with Crippen molar-refractivity contribution in [1.82, 2.24) is 9.97 Å². The Morgan fingerprint density at radius 3 is 2.55 bits per heavy atom. The molecule has 3 heterocycles. The summed E-state index contributed by atoms with van der Waals surface area (Å²) in [6, 6.07) is 15.3. The largest absolute Gasteiger partial charge is 0.493 e. The molecule has 0 radical (unpaired) electrons. The van der Waals surface area contributed by atoms with Crippen molar-refractivity contribution in [2.75, 3.05) is 38.7 Å². The van der Waals surface area contributed by atoms with Gasteiger partial charge in [-0.3, -0.25) is 4.79 Å². The fraction of sp³-hybridized carbons (Fsp3) is 0.267. The number of nitrogens with zero attached hydrogens (tertiary/aromatic N) is 2. The highest BCUT2D eigenvalue weighted by molar-refractivity contribution is 6.19. The Labute approximate surface area is 235 Å². The first-order valence-electron chi connectivity index (χ1n) is 12.8. The molecule has 1 unspecified atom stereocenters. The Morgan fingerprint density at radius 1 is 1.07 bits per heavy atom. The summed E-state index contributed by atoms with van der Waals surface area (Å²) in [6.07, 6.45) is 0. The minimum Gasteiger partial charge on any atom is -0.493 e. The standard InChI is InChI=1S/C30H28ClN3O6/c1-16-32-26-24-19(13-31)14-34(21(24)12-23(27(26)40-16)39-15-17-8-6-5-7-9-17)30(35)20-10-18-11-22(36-2)28(37-3)29(38-4)25(18)33-20/h5-12,19,33H,13-15H2,1-4H3. The fourth-order valence-electron chi connectivity index (χ4n) is 5.37. The summed E-state index contributed by atoms with van der Waals surface area (Å²) in [6.45, 7) is 2.52. The number of nitrogens with one attached hydrogen (secondary N) is 1. The summed E-state index contributed by atoms with van der Waals surface area (Å²) in [5.74, 6) is 2.38. The Balaban J connectivity index is 1.44. The number of carbonyl (C=O) groups excluding carboxylic acids is 1. The van der Waals surface area contributed by atoms with Gasteiger partial charge in [0.2, 0.25) is 5.75 Å². The number of anilines is 1. The van der Waals surface area contributed by atoms with Crippen molar-refractivity contribution in [1.29, 1.82) is 0 Å². The van der Waals surface area contributed by atoms with Crippen molar-refractivity contribution in [2.24, 2.45) is 0 Å². The van der Waals surface area contributed by atoms with E-state index >= 15 is 0 Å². The lowest BCUT2D eigenvalue weighted by Crippen LogP contribution is -2.30. The van der Waals surface area contributed by atoms with Gasteiger partial charge in [0.15, 0.2) is 28.7 Å². The average Bonchev–Trinajstić information content (AvgIpc) is 3.69. The minimum absolute atomic E-state index is 0.130. The van der Waals surface area contributed by atoms with Crippen LogP contribution in [-0.2, 0) is 6.61 Å². The van der Waals surface area contributed by atoms with E-state index in [2.05, 4.69) is 9.97 Å². The number of hydrogen-bond acceptors (Lipinski definition) is 7. The monoisotopic (exact) mass is 561 g/mol. The molecular formula is C30H28ClN3O6. The second-order valence-electron chi connectivity index (χ2n) is 9.55. The molecule has 1 aliphatic rings. The van der Waals surface area contributed by atoms with Crippen molar-refractivity contribution < 1.29 is 28.2 Å². The molecule has 40 heavy (non-hydrogen) atoms. The van der Waals surface area contributed by atoms with Crippen molar-refractivity contribution >= 4 is 45.2 Å². The first kappa shape index (κ1) is 25.9. The molecule has 3 aromatic carbocycles. The Kier molecular flexibility index (Phi) is 6.67. The maximum Gasteiger partial charge on any atom is 0.274 e. The van der Waals surface area contributed by atoms with Gasteiger partial charge < -0.3 is 33.2 Å². The van der Waals surface area contributed by atoms with E-state index < -0.39 is 0 Å². The first-order valence-corrected chi connectivity index (χ1v) is 13.3. The highest BCUT2D eigenvalue weighted by Crippen LogP contribution is 2.47. The van der Waals surface area contributed by atoms with Gasteiger partial charge in [0.25, 0.3) is 5.91 Å². The van der Waals surface area contributed by atoms with E-state index in [-0.39, 0.29) is 11.8 Å². The molecule has 9 nitrogen and oxygen atoms in total. The molecule has 0 aliphatic carbocycles. The van der Waals surface area contributed by atoms with E-state index in [0.29, 0.717) is 75.9 Å². The lowest BCUT2D eigenvalue weighted by molar-refractivity contribution is 0.0984. The molecule has 6 rings (SSSR count). The maximum atomic E-state index is 14.0. The molecule has 10 heteroatoms. The quantitative estimate of drug-likeness (QED) is 0.225. The van der Waals surface area contributed by atoms with Gasteiger partial charge in [0.05, 0.1) is 32.5 Å². The number of oxazole rings is 1. The molecule has 1 aliphatic heterocycles. The van der Waals surface area contributed by atoms with Gasteiger partial charge >= 0.3 is 0 Å². The van der Waals surface area contributed by atoms with Crippen LogP contribution in [0, 0.1) is 6.92 Å². The van der Waals surface area contributed by atoms with Crippen LogP contribution >= 0.6 is 11.6 Å². The number of aromatic nitrogens is 2. The molecule has 1 N–H and O–H groups in total. The molecule has 0 saturated heterocycles. The maximum absolute atomic E-state index is 14.0. The van der Waals surface area contributed by atoms with Crippen LogP contribution in [0.1, 0.15) is 33.4 Å². The van der Waals surface area contributed by atoms with Gasteiger partial charge in [-0.05, 0) is 17.7 Å². The number of benzene rings is 3. The van der Waals surface area contributed by atoms with Gasteiger partial charge in [-0.2, -0.15) is 0 Å². The first-order chi connectivity index (χ1) is 19.5. The average molecular weight is 562 g/mol. The Hall–Kier alpha value is -4.37. The lowest BCUT2D eigenvalue weighted by Gasteiger charge is -2.18. The van der Waals surface area contributed by atoms with Crippen LogP contribution in [0.4, 0.5) is 5.69 Å². The summed E-state index contributed by atoms with van der Waals surface area (Å²) in [5, 5.41) is 0.751. The van der Waals surface area contributed by atoms with Crippen molar-refractivity contribution in [3.8, 4) is 23.0 Å². The molecule has 0 fully saturated rings. The predicted molar refractivity (Wildman–Crippen MR) is 153 cm³/mol. The molecule has 1 amide bonds. The van der Waals surface area contributed by atoms with Crippen molar-refractivity contribution in [3.05, 3.63) is 71.2 Å². The van der Waals surface area contributed by atoms with E-state index in [1.54, 1.807) is 45.3 Å². The third kappa shape index (κ3) is 4.17. The highest BCUT2D eigenvalue weighted by Gasteiger charge is 2.37. The topological polar surface area (TPSA) is 99.1 Å². The molecule has 1 atom stereocenters. The Morgan fingerprint density at radius 2 is 1.85 bits per heavy atom. The zero-order valence-electron chi connectivity index (χ0n) is 22.5. The summed E-state index contributed by atoms with van der Waals surface area (Å²) in [7, 11) is 4.64. The summed E-state index contributed by atoms with van der Waals surface area (Å²) in [4.78, 5) is 23.7.